The first-order valence-electron chi connectivity index (χ1n) is 11.6. The summed E-state index contributed by atoms with van der Waals surface area (Å²) in [5.74, 6) is -1.44. The minimum atomic E-state index is -3.99. The molecule has 0 bridgehead atoms. The Bertz CT molecular complexity index is 1520. The molecule has 9 nitrogen and oxygen atoms in total. The van der Waals surface area contributed by atoms with Crippen molar-refractivity contribution >= 4 is 37.4 Å². The molecule has 4 rings (SSSR count). The van der Waals surface area contributed by atoms with Gasteiger partial charge in [0.15, 0.2) is 5.70 Å². The van der Waals surface area contributed by atoms with Crippen molar-refractivity contribution in [3.63, 3.8) is 0 Å². The number of likely N-dealkylation sites (tertiary alicyclic amines) is 1. The van der Waals surface area contributed by atoms with Crippen molar-refractivity contribution in [3.05, 3.63) is 108 Å². The predicted octanol–water partition coefficient (Wildman–Crippen LogP) is 3.29. The lowest BCUT2D eigenvalue weighted by atomic mass is 10.0. The molecule has 0 aliphatic carbocycles. The van der Waals surface area contributed by atoms with Gasteiger partial charge in [-0.3, -0.25) is 14.5 Å². The lowest BCUT2D eigenvalue weighted by Gasteiger charge is -2.45. The first kappa shape index (κ1) is 27.7. The molecule has 3 aromatic carbocycles. The van der Waals surface area contributed by atoms with Crippen LogP contribution in [-0.4, -0.2) is 49.6 Å². The van der Waals surface area contributed by atoms with Gasteiger partial charge in [0.2, 0.25) is 14.8 Å². The lowest BCUT2D eigenvalue weighted by molar-refractivity contribution is -0.149. The number of methoxy groups -OCH3 is 1. The van der Waals surface area contributed by atoms with E-state index in [0.717, 1.165) is 10.5 Å². The minimum absolute atomic E-state index is 0.00797. The fourth-order valence-corrected chi connectivity index (χ4v) is 7.26. The number of carbonyl (C=O) groups is 3. The number of amides is 2. The molecule has 3 aromatic rings. The number of hydrogen-bond donors (Lipinski definition) is 1. The standard InChI is InChI=1S/C28H24N2O7S2/c1-3-23(28(33)37-21-16-14-20(36-2)15-17-21)30-26(32)25(29-24(31)18-19-10-6-4-7-11-19)27(30)38-39(34,35)22-12-8-5-9-13-22/h4-17,25,27H,1,18H2,2H3,(H,29,31)/t25-,27-/m1/s1. The third-order valence-electron chi connectivity index (χ3n) is 5.70. The van der Waals surface area contributed by atoms with E-state index in [1.807, 2.05) is 6.07 Å². The van der Waals surface area contributed by atoms with E-state index in [2.05, 4.69) is 17.6 Å². The molecule has 39 heavy (non-hydrogen) atoms. The van der Waals surface area contributed by atoms with Gasteiger partial charge in [-0.1, -0.05) is 60.8 Å². The third-order valence-corrected chi connectivity index (χ3v) is 9.41. The summed E-state index contributed by atoms with van der Waals surface area (Å²) in [6, 6.07) is 21.4. The molecule has 1 aliphatic rings. The fourth-order valence-electron chi connectivity index (χ4n) is 3.77. The number of ether oxygens (including phenoxy) is 2. The van der Waals surface area contributed by atoms with Crippen LogP contribution in [0.1, 0.15) is 5.56 Å². The van der Waals surface area contributed by atoms with E-state index in [9.17, 15) is 22.8 Å². The van der Waals surface area contributed by atoms with E-state index in [4.69, 9.17) is 9.47 Å². The molecule has 1 aliphatic heterocycles. The topological polar surface area (TPSA) is 119 Å². The fraction of sp³-hybridized carbons (Fsp3) is 0.143. The Morgan fingerprint density at radius 2 is 1.56 bits per heavy atom. The van der Waals surface area contributed by atoms with Gasteiger partial charge in [0.05, 0.1) is 18.4 Å². The molecule has 0 radical (unpaired) electrons. The average Bonchev–Trinajstić information content (AvgIpc) is 2.95. The number of nitrogens with zero attached hydrogens (tertiary/aromatic N) is 1. The van der Waals surface area contributed by atoms with E-state index >= 15 is 0 Å². The molecule has 2 atom stereocenters. The van der Waals surface area contributed by atoms with Crippen LogP contribution in [-0.2, 0) is 29.7 Å². The van der Waals surface area contributed by atoms with Gasteiger partial charge in [0, 0.05) is 10.8 Å². The van der Waals surface area contributed by atoms with Crippen molar-refractivity contribution < 1.29 is 32.3 Å². The zero-order valence-electron chi connectivity index (χ0n) is 20.8. The highest BCUT2D eigenvalue weighted by molar-refractivity contribution is 8.72. The summed E-state index contributed by atoms with van der Waals surface area (Å²) in [7, 11) is -2.07. The highest BCUT2D eigenvalue weighted by Gasteiger charge is 2.54. The highest BCUT2D eigenvalue weighted by Crippen LogP contribution is 2.39. The summed E-state index contributed by atoms with van der Waals surface area (Å²) in [6.07, 6.45) is -0.0168. The molecule has 200 valence electrons. The van der Waals surface area contributed by atoms with E-state index in [-0.39, 0.29) is 22.8 Å². The molecule has 0 spiro atoms. The predicted molar refractivity (Wildman–Crippen MR) is 145 cm³/mol. The van der Waals surface area contributed by atoms with Crippen molar-refractivity contribution in [2.45, 2.75) is 22.7 Å². The number of hydrogen-bond acceptors (Lipinski definition) is 8. The van der Waals surface area contributed by atoms with Crippen molar-refractivity contribution in [1.29, 1.82) is 0 Å². The van der Waals surface area contributed by atoms with Crippen LogP contribution < -0.4 is 14.8 Å². The van der Waals surface area contributed by atoms with Crippen molar-refractivity contribution in [2.75, 3.05) is 7.11 Å². The number of β-lactam (4-membered cyclic amide) rings is 1. The monoisotopic (exact) mass is 564 g/mol. The molecule has 1 N–H and O–H groups in total. The molecular weight excluding hydrogens is 540 g/mol. The minimum Gasteiger partial charge on any atom is -0.497 e. The molecular formula is C28H24N2O7S2. The van der Waals surface area contributed by atoms with Crippen LogP contribution in [0.2, 0.25) is 0 Å². The molecule has 2 amide bonds. The normalized spacial score (nSPS) is 16.4. The smallest absolute Gasteiger partial charge is 0.368 e. The molecule has 0 unspecified atom stereocenters. The number of nitrogens with one attached hydrogen (secondary N) is 1. The Morgan fingerprint density at radius 1 is 0.974 bits per heavy atom. The van der Waals surface area contributed by atoms with Gasteiger partial charge in [0.1, 0.15) is 22.9 Å². The summed E-state index contributed by atoms with van der Waals surface area (Å²) >= 11 is 0. The SMILES string of the molecule is C=C=C(C(=O)Oc1ccc(OC)cc1)N1C(=O)[C@@H](NC(=O)Cc2ccccc2)[C@H]1SS(=O)(=O)c1ccccc1. The Kier molecular flexibility index (Phi) is 8.55. The van der Waals surface area contributed by atoms with Crippen molar-refractivity contribution in [3.8, 4) is 11.5 Å². The lowest BCUT2D eigenvalue weighted by Crippen LogP contribution is -2.69. The Labute approximate surface area is 229 Å². The van der Waals surface area contributed by atoms with E-state index in [1.54, 1.807) is 54.6 Å². The summed E-state index contributed by atoms with van der Waals surface area (Å²) in [5, 5.41) is 1.42. The molecule has 1 saturated heterocycles. The molecule has 0 saturated carbocycles. The van der Waals surface area contributed by atoms with Gasteiger partial charge < -0.3 is 14.8 Å². The largest absolute Gasteiger partial charge is 0.497 e. The molecule has 0 aromatic heterocycles. The summed E-state index contributed by atoms with van der Waals surface area (Å²) in [4.78, 5) is 39.9. The summed E-state index contributed by atoms with van der Waals surface area (Å²) < 4.78 is 36.8. The third kappa shape index (κ3) is 6.40. The van der Waals surface area contributed by atoms with Gasteiger partial charge in [-0.15, -0.1) is 0 Å². The van der Waals surface area contributed by atoms with Crippen molar-refractivity contribution in [2.24, 2.45) is 0 Å². The summed E-state index contributed by atoms with van der Waals surface area (Å²) in [5.41, 5.74) is 2.73. The van der Waals surface area contributed by atoms with Crippen LogP contribution in [0.15, 0.2) is 108 Å². The number of rotatable bonds is 10. The number of benzene rings is 3. The van der Waals surface area contributed by atoms with E-state index in [0.29, 0.717) is 16.5 Å². The van der Waals surface area contributed by atoms with Crippen LogP contribution in [0.3, 0.4) is 0 Å². The Morgan fingerprint density at radius 3 is 2.15 bits per heavy atom. The van der Waals surface area contributed by atoms with Crippen LogP contribution in [0.4, 0.5) is 0 Å². The highest BCUT2D eigenvalue weighted by atomic mass is 33.1. The first-order chi connectivity index (χ1) is 18.7. The molecule has 11 heteroatoms. The average molecular weight is 565 g/mol. The van der Waals surface area contributed by atoms with Gasteiger partial charge in [-0.25, -0.2) is 13.2 Å². The Hall–Kier alpha value is -4.31. The molecule has 1 heterocycles. The molecule has 1 fully saturated rings. The van der Waals surface area contributed by atoms with E-state index < -0.39 is 38.1 Å². The van der Waals surface area contributed by atoms with Crippen LogP contribution in [0.5, 0.6) is 11.5 Å². The van der Waals surface area contributed by atoms with Crippen LogP contribution >= 0.6 is 10.8 Å². The second-order valence-corrected chi connectivity index (χ2v) is 12.2. The maximum absolute atomic E-state index is 13.2. The Balaban J connectivity index is 1.58. The van der Waals surface area contributed by atoms with Crippen LogP contribution in [0.25, 0.3) is 0 Å². The second kappa shape index (κ2) is 12.0. The number of carbonyl (C=O) groups excluding carboxylic acids is 3. The number of esters is 1. The maximum atomic E-state index is 13.2. The zero-order chi connectivity index (χ0) is 28.0. The van der Waals surface area contributed by atoms with Gasteiger partial charge in [0.25, 0.3) is 5.91 Å². The second-order valence-electron chi connectivity index (χ2n) is 8.26. The van der Waals surface area contributed by atoms with Gasteiger partial charge in [-0.2, -0.15) is 0 Å². The maximum Gasteiger partial charge on any atom is 0.368 e. The zero-order valence-corrected chi connectivity index (χ0v) is 22.4. The van der Waals surface area contributed by atoms with Gasteiger partial charge >= 0.3 is 5.97 Å². The quantitative estimate of drug-likeness (QED) is 0.0995. The van der Waals surface area contributed by atoms with E-state index in [1.165, 1.54) is 31.4 Å². The van der Waals surface area contributed by atoms with Gasteiger partial charge in [-0.05, 0) is 42.0 Å². The first-order valence-corrected chi connectivity index (χ1v) is 14.5. The van der Waals surface area contributed by atoms with Crippen molar-refractivity contribution in [1.82, 2.24) is 10.2 Å². The van der Waals surface area contributed by atoms with Crippen LogP contribution in [0, 0.1) is 0 Å². The summed E-state index contributed by atoms with van der Waals surface area (Å²) in [6.45, 7) is 3.50.